The van der Waals surface area contributed by atoms with Gasteiger partial charge in [0.25, 0.3) is 5.91 Å². The molecule has 1 saturated heterocycles. The lowest BCUT2D eigenvalue weighted by atomic mass is 9.75. The van der Waals surface area contributed by atoms with Crippen LogP contribution >= 0.6 is 0 Å². The molecule has 0 spiro atoms. The lowest BCUT2D eigenvalue weighted by Gasteiger charge is -2.37. The summed E-state index contributed by atoms with van der Waals surface area (Å²) in [4.78, 5) is 27.8. The molecule has 0 bridgehead atoms. The second kappa shape index (κ2) is 14.1. The number of rotatable bonds is 11. The van der Waals surface area contributed by atoms with E-state index in [2.05, 4.69) is 24.3 Å². The molecule has 1 N–H and O–H groups in total. The summed E-state index contributed by atoms with van der Waals surface area (Å²) in [7, 11) is 0. The van der Waals surface area contributed by atoms with Gasteiger partial charge in [-0.15, -0.1) is 0 Å². The maximum absolute atomic E-state index is 13.5. The first-order chi connectivity index (χ1) is 19.1. The highest BCUT2D eigenvalue weighted by Gasteiger charge is 2.34. The second-order valence-corrected chi connectivity index (χ2v) is 13.8. The molecule has 2 heterocycles. The van der Waals surface area contributed by atoms with Crippen LogP contribution in [-0.2, 0) is 11.3 Å². The van der Waals surface area contributed by atoms with Crippen LogP contribution in [0.1, 0.15) is 122 Å². The summed E-state index contributed by atoms with van der Waals surface area (Å²) in [5.74, 6) is 2.79. The molecule has 8 nitrogen and oxygen atoms in total. The van der Waals surface area contributed by atoms with Crippen LogP contribution in [0.15, 0.2) is 6.20 Å². The van der Waals surface area contributed by atoms with Crippen molar-refractivity contribution in [1.29, 1.82) is 0 Å². The minimum atomic E-state index is -0.488. The van der Waals surface area contributed by atoms with Crippen molar-refractivity contribution in [2.24, 2.45) is 23.7 Å². The summed E-state index contributed by atoms with van der Waals surface area (Å²) >= 11 is 0. The molecule has 40 heavy (non-hydrogen) atoms. The smallest absolute Gasteiger partial charge is 0.410 e. The Labute approximate surface area is 241 Å². The molecular formula is C32H54N4O4. The van der Waals surface area contributed by atoms with Gasteiger partial charge in [-0.25, -0.2) is 9.48 Å². The normalized spacial score (nSPS) is 23.4. The predicted octanol–water partition coefficient (Wildman–Crippen LogP) is 6.82. The van der Waals surface area contributed by atoms with E-state index in [1.165, 1.54) is 57.8 Å². The minimum Gasteiger partial charge on any atom is -0.477 e. The van der Waals surface area contributed by atoms with Crippen LogP contribution in [0.4, 0.5) is 4.79 Å². The third kappa shape index (κ3) is 8.62. The van der Waals surface area contributed by atoms with E-state index in [0.717, 1.165) is 25.2 Å². The quantitative estimate of drug-likeness (QED) is 0.322. The number of carbonyl (C=O) groups excluding carboxylic acids is 2. The number of aromatic nitrogens is 2. The van der Waals surface area contributed by atoms with Gasteiger partial charge in [0, 0.05) is 25.7 Å². The molecule has 2 saturated carbocycles. The van der Waals surface area contributed by atoms with Crippen molar-refractivity contribution in [3.05, 3.63) is 11.8 Å². The topological polar surface area (TPSA) is 85.7 Å². The fourth-order valence-corrected chi connectivity index (χ4v) is 6.29. The summed E-state index contributed by atoms with van der Waals surface area (Å²) in [6.07, 6.45) is 15.3. The molecule has 0 aromatic carbocycles. The molecule has 226 valence electrons. The molecule has 0 radical (unpaired) electrons. The second-order valence-electron chi connectivity index (χ2n) is 13.8. The summed E-state index contributed by atoms with van der Waals surface area (Å²) in [6, 6.07) is 0.253. The number of amides is 2. The van der Waals surface area contributed by atoms with Gasteiger partial charge in [0.05, 0.1) is 12.8 Å². The highest BCUT2D eigenvalue weighted by molar-refractivity contribution is 5.96. The monoisotopic (exact) mass is 558 g/mol. The van der Waals surface area contributed by atoms with Crippen molar-refractivity contribution in [2.75, 3.05) is 19.7 Å². The summed E-state index contributed by atoms with van der Waals surface area (Å²) in [5.41, 5.74) is 0.0763. The van der Waals surface area contributed by atoms with E-state index in [0.29, 0.717) is 55.4 Å². The van der Waals surface area contributed by atoms with Crippen LogP contribution in [0.3, 0.4) is 0 Å². The SMILES string of the molecule is CC[C@H](C)CCC1CCC1NC(=O)c1cnn(CC2CCN(C(=O)OC(C)(C)C)CC2)c1OCC1CCCCC1. The highest BCUT2D eigenvalue weighted by Crippen LogP contribution is 2.34. The Kier molecular flexibility index (Phi) is 10.8. The highest BCUT2D eigenvalue weighted by atomic mass is 16.6. The van der Waals surface area contributed by atoms with Crippen molar-refractivity contribution in [3.8, 4) is 5.88 Å². The van der Waals surface area contributed by atoms with E-state index < -0.39 is 5.60 Å². The van der Waals surface area contributed by atoms with Gasteiger partial charge in [-0.2, -0.15) is 5.10 Å². The summed E-state index contributed by atoms with van der Waals surface area (Å²) in [6.45, 7) is 12.9. The molecule has 3 fully saturated rings. The van der Waals surface area contributed by atoms with E-state index in [-0.39, 0.29) is 18.0 Å². The molecule has 2 amide bonds. The van der Waals surface area contributed by atoms with Crippen molar-refractivity contribution >= 4 is 12.0 Å². The lowest BCUT2D eigenvalue weighted by molar-refractivity contribution is 0.0175. The van der Waals surface area contributed by atoms with Crippen LogP contribution < -0.4 is 10.1 Å². The maximum atomic E-state index is 13.5. The van der Waals surface area contributed by atoms with Gasteiger partial charge in [-0.1, -0.05) is 46.0 Å². The molecule has 1 aromatic rings. The number of hydrogen-bond donors (Lipinski definition) is 1. The standard InChI is InChI=1S/C32H54N4O4/c1-6-23(2)12-13-26-14-15-28(26)34-29(37)27-20-33-36(30(27)39-22-25-10-8-7-9-11-25)21-24-16-18-35(19-17-24)31(38)40-32(3,4)5/h20,23-26,28H,6-19,21-22H2,1-5H3,(H,34,37)/t23-,26?,28?/m0/s1. The van der Waals surface area contributed by atoms with E-state index in [1.54, 1.807) is 11.1 Å². The van der Waals surface area contributed by atoms with Gasteiger partial charge in [-0.3, -0.25) is 4.79 Å². The number of ether oxygens (including phenoxy) is 2. The number of carbonyl (C=O) groups is 2. The molecule has 2 aliphatic carbocycles. The van der Waals surface area contributed by atoms with Crippen LogP contribution in [0, 0.1) is 23.7 Å². The van der Waals surface area contributed by atoms with Gasteiger partial charge in [0.1, 0.15) is 11.2 Å². The molecule has 1 aromatic heterocycles. The Balaban J connectivity index is 1.38. The average Bonchev–Trinajstić information content (AvgIpc) is 3.32. The minimum absolute atomic E-state index is 0.0529. The zero-order chi connectivity index (χ0) is 28.7. The number of nitrogens with one attached hydrogen (secondary N) is 1. The summed E-state index contributed by atoms with van der Waals surface area (Å²) in [5, 5.41) is 7.99. The predicted molar refractivity (Wildman–Crippen MR) is 157 cm³/mol. The van der Waals surface area contributed by atoms with E-state index in [1.807, 2.05) is 25.5 Å². The lowest BCUT2D eigenvalue weighted by Crippen LogP contribution is -2.46. The van der Waals surface area contributed by atoms with Crippen LogP contribution in [0.2, 0.25) is 0 Å². The Morgan fingerprint density at radius 2 is 1.77 bits per heavy atom. The Morgan fingerprint density at radius 3 is 2.40 bits per heavy atom. The van der Waals surface area contributed by atoms with Crippen molar-refractivity contribution in [1.82, 2.24) is 20.0 Å². The third-order valence-corrected chi connectivity index (χ3v) is 9.37. The number of nitrogens with zero attached hydrogens (tertiary/aromatic N) is 3. The first-order valence-electron chi connectivity index (χ1n) is 16.1. The van der Waals surface area contributed by atoms with Gasteiger partial charge >= 0.3 is 6.09 Å². The van der Waals surface area contributed by atoms with Crippen LogP contribution in [0.5, 0.6) is 5.88 Å². The maximum Gasteiger partial charge on any atom is 0.410 e. The van der Waals surface area contributed by atoms with E-state index >= 15 is 0 Å². The van der Waals surface area contributed by atoms with Crippen molar-refractivity contribution in [3.63, 3.8) is 0 Å². The molecule has 2 unspecified atom stereocenters. The van der Waals surface area contributed by atoms with Gasteiger partial charge in [0.15, 0.2) is 0 Å². The van der Waals surface area contributed by atoms with Gasteiger partial charge < -0.3 is 19.7 Å². The zero-order valence-corrected chi connectivity index (χ0v) is 25.8. The third-order valence-electron chi connectivity index (χ3n) is 9.37. The number of hydrogen-bond acceptors (Lipinski definition) is 5. The molecule has 1 aliphatic heterocycles. The van der Waals surface area contributed by atoms with E-state index in [9.17, 15) is 9.59 Å². The number of likely N-dealkylation sites (tertiary alicyclic amines) is 1. The van der Waals surface area contributed by atoms with Crippen molar-refractivity contribution < 1.29 is 19.1 Å². The largest absolute Gasteiger partial charge is 0.477 e. The van der Waals surface area contributed by atoms with Gasteiger partial charge in [0.2, 0.25) is 5.88 Å². The fourth-order valence-electron chi connectivity index (χ4n) is 6.29. The zero-order valence-electron chi connectivity index (χ0n) is 25.8. The molecule has 3 atom stereocenters. The average molecular weight is 559 g/mol. The molecular weight excluding hydrogens is 504 g/mol. The van der Waals surface area contributed by atoms with E-state index in [4.69, 9.17) is 9.47 Å². The molecule has 3 aliphatic rings. The Hall–Kier alpha value is -2.25. The first-order valence-corrected chi connectivity index (χ1v) is 16.1. The van der Waals surface area contributed by atoms with Crippen LogP contribution in [0.25, 0.3) is 0 Å². The summed E-state index contributed by atoms with van der Waals surface area (Å²) < 4.78 is 13.9. The van der Waals surface area contributed by atoms with Gasteiger partial charge in [-0.05, 0) is 89.4 Å². The number of piperidine rings is 1. The fraction of sp³-hybridized carbons (Fsp3) is 0.844. The Bertz CT molecular complexity index is 957. The Morgan fingerprint density at radius 1 is 1.05 bits per heavy atom. The molecule has 8 heteroatoms. The van der Waals surface area contributed by atoms with Crippen LogP contribution in [-0.4, -0.2) is 58.0 Å². The molecule has 4 rings (SSSR count). The van der Waals surface area contributed by atoms with Crippen molar-refractivity contribution in [2.45, 2.75) is 130 Å². The first kappa shape index (κ1) is 30.7.